The van der Waals surface area contributed by atoms with Crippen LogP contribution in [-0.4, -0.2) is 38.1 Å². The lowest BCUT2D eigenvalue weighted by atomic mass is 10.1. The number of nitrogens with zero attached hydrogens (tertiary/aromatic N) is 1. The van der Waals surface area contributed by atoms with Gasteiger partial charge in [0, 0.05) is 12.1 Å². The molecule has 0 aromatic rings. The van der Waals surface area contributed by atoms with Crippen molar-refractivity contribution >= 4 is 0 Å². The standard InChI is InChI=1S/C9H22N2/c1-6-9(10-3)7-8(2)11(4)5/h8-10H,6-7H2,1-5H3. The van der Waals surface area contributed by atoms with Crippen LogP contribution in [-0.2, 0) is 0 Å². The van der Waals surface area contributed by atoms with E-state index in [4.69, 9.17) is 0 Å². The van der Waals surface area contributed by atoms with Crippen molar-refractivity contribution in [3.8, 4) is 0 Å². The monoisotopic (exact) mass is 158 g/mol. The lowest BCUT2D eigenvalue weighted by Gasteiger charge is -2.24. The summed E-state index contributed by atoms with van der Waals surface area (Å²) in [5, 5.41) is 3.31. The zero-order valence-corrected chi connectivity index (χ0v) is 8.52. The molecule has 0 radical (unpaired) electrons. The molecular weight excluding hydrogens is 136 g/mol. The first kappa shape index (κ1) is 10.9. The van der Waals surface area contributed by atoms with Crippen LogP contribution in [0.25, 0.3) is 0 Å². The van der Waals surface area contributed by atoms with Crippen LogP contribution >= 0.6 is 0 Å². The lowest BCUT2D eigenvalue weighted by molar-refractivity contribution is 0.271. The van der Waals surface area contributed by atoms with E-state index in [-0.39, 0.29) is 0 Å². The maximum atomic E-state index is 3.31. The van der Waals surface area contributed by atoms with Crippen LogP contribution in [0, 0.1) is 0 Å². The average Bonchev–Trinajstić information content (AvgIpc) is 1.99. The molecule has 2 nitrogen and oxygen atoms in total. The predicted molar refractivity (Wildman–Crippen MR) is 50.9 cm³/mol. The molecule has 68 valence electrons. The molecule has 0 bridgehead atoms. The minimum absolute atomic E-state index is 0.674. The van der Waals surface area contributed by atoms with Crippen molar-refractivity contribution in [2.24, 2.45) is 0 Å². The van der Waals surface area contributed by atoms with Gasteiger partial charge in [0.05, 0.1) is 0 Å². The molecule has 11 heavy (non-hydrogen) atoms. The Labute approximate surface area is 71.0 Å². The molecular formula is C9H22N2. The zero-order chi connectivity index (χ0) is 8.85. The Hall–Kier alpha value is -0.0800. The Morgan fingerprint density at radius 3 is 2.18 bits per heavy atom. The fourth-order valence-electron chi connectivity index (χ4n) is 1.11. The van der Waals surface area contributed by atoms with Gasteiger partial charge >= 0.3 is 0 Å². The Bertz CT molecular complexity index is 87.6. The van der Waals surface area contributed by atoms with Gasteiger partial charge in [0.15, 0.2) is 0 Å². The molecule has 2 heteroatoms. The van der Waals surface area contributed by atoms with E-state index in [1.165, 1.54) is 12.8 Å². The minimum atomic E-state index is 0.674. The summed E-state index contributed by atoms with van der Waals surface area (Å²) in [5.41, 5.74) is 0. The highest BCUT2D eigenvalue weighted by molar-refractivity contribution is 4.70. The second-order valence-corrected chi connectivity index (χ2v) is 3.44. The summed E-state index contributed by atoms with van der Waals surface area (Å²) in [6.45, 7) is 4.49. The lowest BCUT2D eigenvalue weighted by Crippen LogP contribution is -2.34. The van der Waals surface area contributed by atoms with E-state index < -0.39 is 0 Å². The number of hydrogen-bond donors (Lipinski definition) is 1. The molecule has 0 fully saturated rings. The molecule has 0 aromatic carbocycles. The molecule has 0 heterocycles. The second-order valence-electron chi connectivity index (χ2n) is 3.44. The fraction of sp³-hybridized carbons (Fsp3) is 1.00. The van der Waals surface area contributed by atoms with Crippen molar-refractivity contribution in [1.82, 2.24) is 10.2 Å². The van der Waals surface area contributed by atoms with Crippen LogP contribution in [0.4, 0.5) is 0 Å². The Morgan fingerprint density at radius 2 is 1.91 bits per heavy atom. The van der Waals surface area contributed by atoms with Gasteiger partial charge in [-0.1, -0.05) is 6.92 Å². The second kappa shape index (κ2) is 5.56. The summed E-state index contributed by atoms with van der Waals surface area (Å²) in [5.74, 6) is 0. The summed E-state index contributed by atoms with van der Waals surface area (Å²) in [6.07, 6.45) is 2.45. The van der Waals surface area contributed by atoms with Crippen molar-refractivity contribution in [1.29, 1.82) is 0 Å². The molecule has 1 N–H and O–H groups in total. The maximum Gasteiger partial charge on any atom is 0.00762 e. The molecule has 0 aliphatic carbocycles. The van der Waals surface area contributed by atoms with Crippen molar-refractivity contribution in [3.63, 3.8) is 0 Å². The SMILES string of the molecule is CCC(CC(C)N(C)C)NC. The van der Waals surface area contributed by atoms with E-state index >= 15 is 0 Å². The van der Waals surface area contributed by atoms with Gasteiger partial charge in [-0.05, 0) is 40.9 Å². The van der Waals surface area contributed by atoms with Gasteiger partial charge in [-0.25, -0.2) is 0 Å². The highest BCUT2D eigenvalue weighted by Gasteiger charge is 2.10. The van der Waals surface area contributed by atoms with E-state index in [2.05, 4.69) is 38.2 Å². The van der Waals surface area contributed by atoms with Crippen molar-refractivity contribution in [2.45, 2.75) is 38.8 Å². The highest BCUT2D eigenvalue weighted by Crippen LogP contribution is 2.04. The van der Waals surface area contributed by atoms with Crippen molar-refractivity contribution < 1.29 is 0 Å². The molecule has 0 saturated heterocycles. The van der Waals surface area contributed by atoms with Gasteiger partial charge in [-0.2, -0.15) is 0 Å². The Kier molecular flexibility index (Phi) is 5.51. The van der Waals surface area contributed by atoms with Crippen LogP contribution in [0.3, 0.4) is 0 Å². The van der Waals surface area contributed by atoms with Crippen LogP contribution < -0.4 is 5.32 Å². The molecule has 2 unspecified atom stereocenters. The first-order valence-electron chi connectivity index (χ1n) is 4.45. The van der Waals surface area contributed by atoms with Crippen LogP contribution in [0.2, 0.25) is 0 Å². The maximum absolute atomic E-state index is 3.31. The van der Waals surface area contributed by atoms with Gasteiger partial charge in [0.2, 0.25) is 0 Å². The van der Waals surface area contributed by atoms with Gasteiger partial charge in [-0.3, -0.25) is 0 Å². The summed E-state index contributed by atoms with van der Waals surface area (Å²) < 4.78 is 0. The largest absolute Gasteiger partial charge is 0.317 e. The van der Waals surface area contributed by atoms with Gasteiger partial charge in [0.1, 0.15) is 0 Å². The topological polar surface area (TPSA) is 15.3 Å². The van der Waals surface area contributed by atoms with E-state index in [0.29, 0.717) is 12.1 Å². The number of nitrogens with one attached hydrogen (secondary N) is 1. The first-order valence-corrected chi connectivity index (χ1v) is 4.45. The fourth-order valence-corrected chi connectivity index (χ4v) is 1.11. The summed E-state index contributed by atoms with van der Waals surface area (Å²) in [6, 6.07) is 1.35. The summed E-state index contributed by atoms with van der Waals surface area (Å²) in [4.78, 5) is 2.26. The molecule has 0 aromatic heterocycles. The first-order chi connectivity index (χ1) is 5.11. The quantitative estimate of drug-likeness (QED) is 0.649. The van der Waals surface area contributed by atoms with Crippen molar-refractivity contribution in [3.05, 3.63) is 0 Å². The third kappa shape index (κ3) is 4.38. The third-order valence-electron chi connectivity index (χ3n) is 2.41. The minimum Gasteiger partial charge on any atom is -0.317 e. The van der Waals surface area contributed by atoms with Crippen LogP contribution in [0.1, 0.15) is 26.7 Å². The molecule has 0 rings (SSSR count). The molecule has 2 atom stereocenters. The smallest absolute Gasteiger partial charge is 0.00762 e. The Balaban J connectivity index is 3.62. The van der Waals surface area contributed by atoms with E-state index in [0.717, 1.165) is 0 Å². The molecule has 0 aliphatic heterocycles. The Morgan fingerprint density at radius 1 is 1.36 bits per heavy atom. The van der Waals surface area contributed by atoms with E-state index in [1.54, 1.807) is 0 Å². The third-order valence-corrected chi connectivity index (χ3v) is 2.41. The number of hydrogen-bond acceptors (Lipinski definition) is 2. The van der Waals surface area contributed by atoms with Gasteiger partial charge in [-0.15, -0.1) is 0 Å². The van der Waals surface area contributed by atoms with E-state index in [9.17, 15) is 0 Å². The predicted octanol–water partition coefficient (Wildman–Crippen LogP) is 1.32. The average molecular weight is 158 g/mol. The van der Waals surface area contributed by atoms with Crippen LogP contribution in [0.5, 0.6) is 0 Å². The highest BCUT2D eigenvalue weighted by atomic mass is 15.1. The molecule has 0 spiro atoms. The summed E-state index contributed by atoms with van der Waals surface area (Å²) >= 11 is 0. The van der Waals surface area contributed by atoms with Gasteiger partial charge < -0.3 is 10.2 Å². The molecule has 0 amide bonds. The molecule has 0 aliphatic rings. The number of rotatable bonds is 5. The zero-order valence-electron chi connectivity index (χ0n) is 8.52. The van der Waals surface area contributed by atoms with Crippen molar-refractivity contribution in [2.75, 3.05) is 21.1 Å². The van der Waals surface area contributed by atoms with E-state index in [1.807, 2.05) is 7.05 Å². The van der Waals surface area contributed by atoms with Crippen LogP contribution in [0.15, 0.2) is 0 Å². The molecule has 0 saturated carbocycles. The normalized spacial score (nSPS) is 16.9. The summed E-state index contributed by atoms with van der Waals surface area (Å²) in [7, 11) is 6.30. The van der Waals surface area contributed by atoms with Gasteiger partial charge in [0.25, 0.3) is 0 Å².